The molecule has 0 unspecified atom stereocenters. The SMILES string of the molecule is COc1ccc(NC(=S)NCCCN2CCOCC2)cc1OC. The molecule has 2 rings (SSSR count). The predicted octanol–water partition coefficient (Wildman–Crippen LogP) is 1.71. The number of anilines is 1. The molecule has 1 heterocycles. The molecule has 0 aromatic heterocycles. The lowest BCUT2D eigenvalue weighted by Gasteiger charge is -2.26. The van der Waals surface area contributed by atoms with E-state index < -0.39 is 0 Å². The van der Waals surface area contributed by atoms with Gasteiger partial charge in [0.1, 0.15) is 0 Å². The summed E-state index contributed by atoms with van der Waals surface area (Å²) in [6, 6.07) is 5.62. The summed E-state index contributed by atoms with van der Waals surface area (Å²) >= 11 is 5.32. The molecule has 1 aromatic rings. The first-order valence-corrected chi connectivity index (χ1v) is 8.20. The van der Waals surface area contributed by atoms with E-state index in [9.17, 15) is 0 Å². The zero-order valence-corrected chi connectivity index (χ0v) is 14.6. The number of thiocarbonyl (C=S) groups is 1. The first-order valence-electron chi connectivity index (χ1n) is 7.80. The third-order valence-electron chi connectivity index (χ3n) is 3.68. The standard InChI is InChI=1S/C16H25N3O3S/c1-20-14-5-4-13(12-15(14)21-2)18-16(23)17-6-3-7-19-8-10-22-11-9-19/h4-5,12H,3,6-11H2,1-2H3,(H2,17,18,23). The van der Waals surface area contributed by atoms with Crippen molar-refractivity contribution in [3.05, 3.63) is 18.2 Å². The van der Waals surface area contributed by atoms with Crippen LogP contribution >= 0.6 is 12.2 Å². The van der Waals surface area contributed by atoms with Crippen molar-refractivity contribution in [2.45, 2.75) is 6.42 Å². The molecule has 0 saturated carbocycles. The Balaban J connectivity index is 1.69. The quantitative estimate of drug-likeness (QED) is 0.579. The molecule has 0 amide bonds. The van der Waals surface area contributed by atoms with E-state index in [1.807, 2.05) is 18.2 Å². The van der Waals surface area contributed by atoms with Gasteiger partial charge in [-0.25, -0.2) is 0 Å². The van der Waals surface area contributed by atoms with Gasteiger partial charge < -0.3 is 24.8 Å². The van der Waals surface area contributed by atoms with Crippen LogP contribution in [-0.2, 0) is 4.74 Å². The van der Waals surface area contributed by atoms with Gasteiger partial charge in [-0.15, -0.1) is 0 Å². The molecule has 7 heteroatoms. The molecule has 1 saturated heterocycles. The zero-order chi connectivity index (χ0) is 16.5. The molecule has 128 valence electrons. The molecular formula is C16H25N3O3S. The van der Waals surface area contributed by atoms with Gasteiger partial charge in [0.2, 0.25) is 0 Å². The van der Waals surface area contributed by atoms with E-state index in [0.717, 1.165) is 51.5 Å². The van der Waals surface area contributed by atoms with Gasteiger partial charge in [0.05, 0.1) is 27.4 Å². The van der Waals surface area contributed by atoms with E-state index in [2.05, 4.69) is 15.5 Å². The second-order valence-electron chi connectivity index (χ2n) is 5.26. The normalized spacial score (nSPS) is 15.0. The molecule has 2 N–H and O–H groups in total. The number of methoxy groups -OCH3 is 2. The maximum Gasteiger partial charge on any atom is 0.170 e. The van der Waals surface area contributed by atoms with Crippen molar-refractivity contribution in [3.8, 4) is 11.5 Å². The number of morpholine rings is 1. The van der Waals surface area contributed by atoms with Crippen LogP contribution in [0.15, 0.2) is 18.2 Å². The maximum atomic E-state index is 5.34. The van der Waals surface area contributed by atoms with Crippen molar-refractivity contribution in [2.75, 3.05) is 58.9 Å². The molecule has 1 fully saturated rings. The van der Waals surface area contributed by atoms with Crippen LogP contribution in [0.25, 0.3) is 0 Å². The molecule has 0 radical (unpaired) electrons. The first-order chi connectivity index (χ1) is 11.2. The Morgan fingerprint density at radius 3 is 2.65 bits per heavy atom. The van der Waals surface area contributed by atoms with Crippen LogP contribution in [0, 0.1) is 0 Å². The Labute approximate surface area is 143 Å². The summed E-state index contributed by atoms with van der Waals surface area (Å²) < 4.78 is 15.8. The summed E-state index contributed by atoms with van der Waals surface area (Å²) in [6.45, 7) is 5.63. The fraction of sp³-hybridized carbons (Fsp3) is 0.562. The van der Waals surface area contributed by atoms with Crippen molar-refractivity contribution in [3.63, 3.8) is 0 Å². The van der Waals surface area contributed by atoms with Gasteiger partial charge in [0, 0.05) is 31.4 Å². The summed E-state index contributed by atoms with van der Waals surface area (Å²) in [5.41, 5.74) is 0.869. The van der Waals surface area contributed by atoms with Crippen LogP contribution in [0.5, 0.6) is 11.5 Å². The molecule has 0 bridgehead atoms. The molecular weight excluding hydrogens is 314 g/mol. The zero-order valence-electron chi connectivity index (χ0n) is 13.8. The Kier molecular flexibility index (Phi) is 7.38. The number of ether oxygens (including phenoxy) is 3. The molecule has 0 atom stereocenters. The van der Waals surface area contributed by atoms with Crippen LogP contribution in [0.1, 0.15) is 6.42 Å². The van der Waals surface area contributed by atoms with Crippen molar-refractivity contribution < 1.29 is 14.2 Å². The smallest absolute Gasteiger partial charge is 0.170 e. The highest BCUT2D eigenvalue weighted by atomic mass is 32.1. The van der Waals surface area contributed by atoms with Gasteiger partial charge in [-0.3, -0.25) is 4.90 Å². The first kappa shape index (κ1) is 17.8. The molecule has 1 aliphatic rings. The average molecular weight is 339 g/mol. The van der Waals surface area contributed by atoms with E-state index in [1.54, 1.807) is 14.2 Å². The minimum Gasteiger partial charge on any atom is -0.493 e. The van der Waals surface area contributed by atoms with E-state index in [1.165, 1.54) is 0 Å². The average Bonchev–Trinajstić information content (AvgIpc) is 2.59. The lowest BCUT2D eigenvalue weighted by Crippen LogP contribution is -2.38. The molecule has 0 spiro atoms. The van der Waals surface area contributed by atoms with Crippen LogP contribution in [0.2, 0.25) is 0 Å². The maximum absolute atomic E-state index is 5.34. The summed E-state index contributed by atoms with van der Waals surface area (Å²) in [4.78, 5) is 2.41. The molecule has 1 aliphatic heterocycles. The third-order valence-corrected chi connectivity index (χ3v) is 3.93. The molecule has 1 aromatic carbocycles. The lowest BCUT2D eigenvalue weighted by molar-refractivity contribution is 0.0376. The minimum atomic E-state index is 0.610. The Morgan fingerprint density at radius 2 is 1.96 bits per heavy atom. The van der Waals surface area contributed by atoms with Crippen LogP contribution in [0.4, 0.5) is 5.69 Å². The fourth-order valence-corrected chi connectivity index (χ4v) is 2.64. The van der Waals surface area contributed by atoms with Crippen LogP contribution in [-0.4, -0.2) is 63.6 Å². The summed E-state index contributed by atoms with van der Waals surface area (Å²) in [5.74, 6) is 1.37. The van der Waals surface area contributed by atoms with Gasteiger partial charge in [0.15, 0.2) is 16.6 Å². The second kappa shape index (κ2) is 9.54. The summed E-state index contributed by atoms with van der Waals surface area (Å²) in [6.07, 6.45) is 1.05. The Bertz CT molecular complexity index is 507. The highest BCUT2D eigenvalue weighted by Gasteiger charge is 2.09. The van der Waals surface area contributed by atoms with Gasteiger partial charge in [0.25, 0.3) is 0 Å². The largest absolute Gasteiger partial charge is 0.493 e. The van der Waals surface area contributed by atoms with Gasteiger partial charge in [-0.05, 0) is 37.3 Å². The van der Waals surface area contributed by atoms with Gasteiger partial charge in [-0.1, -0.05) is 0 Å². The van der Waals surface area contributed by atoms with Crippen molar-refractivity contribution in [2.24, 2.45) is 0 Å². The van der Waals surface area contributed by atoms with Crippen molar-refractivity contribution in [1.82, 2.24) is 10.2 Å². The van der Waals surface area contributed by atoms with E-state index in [-0.39, 0.29) is 0 Å². The van der Waals surface area contributed by atoms with E-state index >= 15 is 0 Å². The van der Waals surface area contributed by atoms with Crippen molar-refractivity contribution in [1.29, 1.82) is 0 Å². The molecule has 23 heavy (non-hydrogen) atoms. The lowest BCUT2D eigenvalue weighted by atomic mass is 10.3. The number of hydrogen-bond acceptors (Lipinski definition) is 5. The number of hydrogen-bond donors (Lipinski definition) is 2. The summed E-state index contributed by atoms with van der Waals surface area (Å²) in [5, 5.41) is 7.00. The molecule has 6 nitrogen and oxygen atoms in total. The van der Waals surface area contributed by atoms with Crippen molar-refractivity contribution >= 4 is 23.0 Å². The number of nitrogens with one attached hydrogen (secondary N) is 2. The number of rotatable bonds is 7. The number of nitrogens with zero attached hydrogens (tertiary/aromatic N) is 1. The minimum absolute atomic E-state index is 0.610. The molecule has 0 aliphatic carbocycles. The number of benzene rings is 1. The second-order valence-corrected chi connectivity index (χ2v) is 5.67. The highest BCUT2D eigenvalue weighted by molar-refractivity contribution is 7.80. The van der Waals surface area contributed by atoms with Crippen LogP contribution in [0.3, 0.4) is 0 Å². The van der Waals surface area contributed by atoms with E-state index in [0.29, 0.717) is 16.6 Å². The van der Waals surface area contributed by atoms with Crippen LogP contribution < -0.4 is 20.1 Å². The highest BCUT2D eigenvalue weighted by Crippen LogP contribution is 2.29. The Morgan fingerprint density at radius 1 is 1.22 bits per heavy atom. The van der Waals surface area contributed by atoms with Gasteiger partial charge in [-0.2, -0.15) is 0 Å². The topological polar surface area (TPSA) is 55.0 Å². The summed E-state index contributed by atoms with van der Waals surface area (Å²) in [7, 11) is 3.23. The Hall–Kier alpha value is -1.57. The predicted molar refractivity (Wildman–Crippen MR) is 95.6 cm³/mol. The van der Waals surface area contributed by atoms with E-state index in [4.69, 9.17) is 26.4 Å². The fourth-order valence-electron chi connectivity index (χ4n) is 2.42. The third kappa shape index (κ3) is 5.85. The van der Waals surface area contributed by atoms with Gasteiger partial charge >= 0.3 is 0 Å². The monoisotopic (exact) mass is 339 g/mol.